The van der Waals surface area contributed by atoms with Gasteiger partial charge in [-0.05, 0) is 23.8 Å². The van der Waals surface area contributed by atoms with Crippen LogP contribution in [0.15, 0.2) is 55.4 Å². The third-order valence-corrected chi connectivity index (χ3v) is 4.29. The van der Waals surface area contributed by atoms with Gasteiger partial charge in [-0.25, -0.2) is 0 Å². The van der Waals surface area contributed by atoms with Crippen LogP contribution in [-0.4, -0.2) is 25.0 Å². The van der Waals surface area contributed by atoms with Gasteiger partial charge in [0.25, 0.3) is 0 Å². The summed E-state index contributed by atoms with van der Waals surface area (Å²) in [5, 5.41) is 14.6. The van der Waals surface area contributed by atoms with E-state index in [1.807, 2.05) is 30.3 Å². The van der Waals surface area contributed by atoms with Gasteiger partial charge in [0.05, 0.1) is 11.2 Å². The molecule has 0 saturated heterocycles. The normalized spacial score (nSPS) is 11.7. The lowest BCUT2D eigenvalue weighted by Gasteiger charge is -2.06. The predicted molar refractivity (Wildman–Crippen MR) is 100 cm³/mol. The Bertz CT molecular complexity index is 1160. The van der Waals surface area contributed by atoms with Gasteiger partial charge in [0.2, 0.25) is 0 Å². The number of alkyl halides is 3. The van der Waals surface area contributed by atoms with Crippen molar-refractivity contribution in [3.63, 3.8) is 0 Å². The maximum absolute atomic E-state index is 13.0. The van der Waals surface area contributed by atoms with Crippen LogP contribution >= 0.6 is 0 Å². The lowest BCUT2D eigenvalue weighted by Crippen LogP contribution is -2.11. The third kappa shape index (κ3) is 3.22. The highest BCUT2D eigenvalue weighted by Crippen LogP contribution is 2.32. The van der Waals surface area contributed by atoms with Crippen molar-refractivity contribution in [1.29, 1.82) is 0 Å². The van der Waals surface area contributed by atoms with Crippen molar-refractivity contribution >= 4 is 22.4 Å². The minimum atomic E-state index is -4.49. The Morgan fingerprint density at radius 3 is 2.68 bits per heavy atom. The number of benzene rings is 1. The SMILES string of the molecule is C=C(Nc1cc(C(F)(F)F)n(C)n1)c1n[nH]c2ccc(-c3cccnc3)cc12. The van der Waals surface area contributed by atoms with Crippen LogP contribution in [0.3, 0.4) is 0 Å². The van der Waals surface area contributed by atoms with Gasteiger partial charge in [0.1, 0.15) is 11.4 Å². The number of rotatable bonds is 4. The molecule has 3 aromatic heterocycles. The number of halogens is 3. The second-order valence-corrected chi connectivity index (χ2v) is 6.21. The molecule has 0 radical (unpaired) electrons. The van der Waals surface area contributed by atoms with Crippen LogP contribution in [0.5, 0.6) is 0 Å². The van der Waals surface area contributed by atoms with Gasteiger partial charge in [0, 0.05) is 36.5 Å². The van der Waals surface area contributed by atoms with E-state index in [4.69, 9.17) is 0 Å². The first-order valence-electron chi connectivity index (χ1n) is 8.29. The van der Waals surface area contributed by atoms with Gasteiger partial charge in [-0.1, -0.05) is 18.7 Å². The van der Waals surface area contributed by atoms with Crippen molar-refractivity contribution in [3.05, 3.63) is 66.8 Å². The van der Waals surface area contributed by atoms with Crippen LogP contribution in [0.4, 0.5) is 19.0 Å². The van der Waals surface area contributed by atoms with Crippen molar-refractivity contribution in [2.24, 2.45) is 7.05 Å². The Hall–Kier alpha value is -3.62. The second-order valence-electron chi connectivity index (χ2n) is 6.21. The maximum atomic E-state index is 13.0. The zero-order valence-electron chi connectivity index (χ0n) is 14.7. The highest BCUT2D eigenvalue weighted by atomic mass is 19.4. The van der Waals surface area contributed by atoms with Gasteiger partial charge in [-0.15, -0.1) is 0 Å². The lowest BCUT2D eigenvalue weighted by atomic mass is 10.0. The van der Waals surface area contributed by atoms with Crippen LogP contribution in [0.2, 0.25) is 0 Å². The first-order valence-corrected chi connectivity index (χ1v) is 8.29. The van der Waals surface area contributed by atoms with Crippen LogP contribution in [0.25, 0.3) is 27.7 Å². The van der Waals surface area contributed by atoms with E-state index in [0.717, 1.165) is 32.8 Å². The minimum Gasteiger partial charge on any atom is -0.337 e. The van der Waals surface area contributed by atoms with Crippen LogP contribution in [0.1, 0.15) is 11.4 Å². The lowest BCUT2D eigenvalue weighted by molar-refractivity contribution is -0.143. The van der Waals surface area contributed by atoms with E-state index in [9.17, 15) is 13.2 Å². The number of aryl methyl sites for hydroxylation is 1. The molecular weight excluding hydrogens is 369 g/mol. The first-order chi connectivity index (χ1) is 13.3. The fourth-order valence-electron chi connectivity index (χ4n) is 2.96. The number of aromatic amines is 1. The predicted octanol–water partition coefficient (Wildman–Crippen LogP) is 4.46. The topological polar surface area (TPSA) is 71.4 Å². The molecule has 142 valence electrons. The molecule has 0 amide bonds. The fourth-order valence-corrected chi connectivity index (χ4v) is 2.96. The fraction of sp³-hybridized carbons (Fsp3) is 0.105. The Kier molecular flexibility index (Phi) is 4.14. The molecule has 28 heavy (non-hydrogen) atoms. The molecule has 0 fully saturated rings. The van der Waals surface area contributed by atoms with E-state index in [2.05, 4.69) is 32.2 Å². The Morgan fingerprint density at radius 2 is 2.00 bits per heavy atom. The molecule has 9 heteroatoms. The average Bonchev–Trinajstić information content (AvgIpc) is 3.25. The van der Waals surface area contributed by atoms with Gasteiger partial charge in [-0.2, -0.15) is 23.4 Å². The molecule has 0 spiro atoms. The molecule has 1 aromatic carbocycles. The minimum absolute atomic E-state index is 0.0411. The Morgan fingerprint density at radius 1 is 1.18 bits per heavy atom. The highest BCUT2D eigenvalue weighted by Gasteiger charge is 2.35. The summed E-state index contributed by atoms with van der Waals surface area (Å²) in [5.74, 6) is 0.0411. The zero-order valence-corrected chi connectivity index (χ0v) is 14.7. The van der Waals surface area contributed by atoms with Crippen molar-refractivity contribution in [2.75, 3.05) is 5.32 Å². The Balaban J connectivity index is 1.66. The standard InChI is InChI=1S/C19H15F3N6/c1-11(24-17-9-16(19(20,21)22)28(2)27-17)18-14-8-12(5-6-15(14)25-26-18)13-4-3-7-23-10-13/h3-10H,1H2,2H3,(H,24,27)(H,25,26). The molecule has 0 aliphatic rings. The summed E-state index contributed by atoms with van der Waals surface area (Å²) in [5.41, 5.74) is 2.64. The molecule has 0 atom stereocenters. The van der Waals surface area contributed by atoms with E-state index in [1.54, 1.807) is 12.4 Å². The molecular formula is C19H15F3N6. The maximum Gasteiger partial charge on any atom is 0.433 e. The number of hydrogen-bond acceptors (Lipinski definition) is 4. The van der Waals surface area contributed by atoms with Gasteiger partial charge in [0.15, 0.2) is 5.82 Å². The average molecular weight is 384 g/mol. The van der Waals surface area contributed by atoms with Gasteiger partial charge in [-0.3, -0.25) is 14.8 Å². The molecule has 2 N–H and O–H groups in total. The van der Waals surface area contributed by atoms with Crippen molar-refractivity contribution in [3.8, 4) is 11.1 Å². The van der Waals surface area contributed by atoms with Crippen LogP contribution in [-0.2, 0) is 13.2 Å². The molecule has 0 aliphatic heterocycles. The number of fused-ring (bicyclic) bond motifs is 1. The number of nitrogens with one attached hydrogen (secondary N) is 2. The van der Waals surface area contributed by atoms with E-state index in [0.29, 0.717) is 11.4 Å². The summed E-state index contributed by atoms with van der Waals surface area (Å²) < 4.78 is 39.6. The zero-order chi connectivity index (χ0) is 19.9. The van der Waals surface area contributed by atoms with Crippen LogP contribution in [0, 0.1) is 0 Å². The molecule has 0 bridgehead atoms. The molecule has 0 unspecified atom stereocenters. The number of aromatic nitrogens is 5. The van der Waals surface area contributed by atoms with E-state index in [-0.39, 0.29) is 5.82 Å². The second kappa shape index (κ2) is 6.52. The van der Waals surface area contributed by atoms with E-state index < -0.39 is 11.9 Å². The summed E-state index contributed by atoms with van der Waals surface area (Å²) in [6, 6.07) is 10.5. The van der Waals surface area contributed by atoms with Crippen LogP contribution < -0.4 is 5.32 Å². The van der Waals surface area contributed by atoms with Crippen molar-refractivity contribution in [2.45, 2.75) is 6.18 Å². The first kappa shape index (κ1) is 17.8. The molecule has 4 aromatic rings. The van der Waals surface area contributed by atoms with Crippen molar-refractivity contribution < 1.29 is 13.2 Å². The largest absolute Gasteiger partial charge is 0.433 e. The summed E-state index contributed by atoms with van der Waals surface area (Å²) in [6.45, 7) is 3.91. The van der Waals surface area contributed by atoms with E-state index in [1.165, 1.54) is 7.05 Å². The molecule has 3 heterocycles. The highest BCUT2D eigenvalue weighted by molar-refractivity contribution is 5.94. The molecule has 0 aliphatic carbocycles. The molecule has 6 nitrogen and oxygen atoms in total. The summed E-state index contributed by atoms with van der Waals surface area (Å²) >= 11 is 0. The summed E-state index contributed by atoms with van der Waals surface area (Å²) in [6.07, 6.45) is -1.04. The van der Waals surface area contributed by atoms with E-state index >= 15 is 0 Å². The number of nitrogens with zero attached hydrogens (tertiary/aromatic N) is 4. The Labute approximate surface area is 157 Å². The third-order valence-electron chi connectivity index (χ3n) is 4.29. The van der Waals surface area contributed by atoms with Gasteiger partial charge < -0.3 is 5.32 Å². The number of anilines is 1. The monoisotopic (exact) mass is 384 g/mol. The molecule has 0 saturated carbocycles. The number of hydrogen-bond donors (Lipinski definition) is 2. The quantitative estimate of drug-likeness (QED) is 0.545. The summed E-state index contributed by atoms with van der Waals surface area (Å²) in [4.78, 5) is 4.12. The smallest absolute Gasteiger partial charge is 0.337 e. The molecule has 4 rings (SSSR count). The van der Waals surface area contributed by atoms with Crippen molar-refractivity contribution in [1.82, 2.24) is 25.0 Å². The number of pyridine rings is 1. The summed E-state index contributed by atoms with van der Waals surface area (Å²) in [7, 11) is 1.24. The van der Waals surface area contributed by atoms with Gasteiger partial charge >= 0.3 is 6.18 Å². The number of H-pyrrole nitrogens is 1.